The predicted molar refractivity (Wildman–Crippen MR) is 172 cm³/mol. The Labute approximate surface area is 254 Å². The highest BCUT2D eigenvalue weighted by molar-refractivity contribution is 5.89. The van der Waals surface area contributed by atoms with E-state index in [9.17, 15) is 9.59 Å². The van der Waals surface area contributed by atoms with Gasteiger partial charge >= 0.3 is 0 Å². The van der Waals surface area contributed by atoms with Crippen molar-refractivity contribution >= 4 is 11.8 Å². The molecule has 9 nitrogen and oxygen atoms in total. The summed E-state index contributed by atoms with van der Waals surface area (Å²) in [7, 11) is 0. The molecule has 0 unspecified atom stereocenters. The van der Waals surface area contributed by atoms with E-state index in [1.165, 1.54) is 22.3 Å². The molecule has 3 aromatic rings. The molecule has 0 saturated heterocycles. The Balaban J connectivity index is 1.53. The molecule has 0 aliphatic heterocycles. The van der Waals surface area contributed by atoms with E-state index in [0.29, 0.717) is 26.0 Å². The maximum atomic E-state index is 12.9. The van der Waals surface area contributed by atoms with Crippen LogP contribution in [0.3, 0.4) is 0 Å². The summed E-state index contributed by atoms with van der Waals surface area (Å²) in [6.07, 6.45) is 4.78. The minimum Gasteiger partial charge on any atom is -0.494 e. The van der Waals surface area contributed by atoms with Crippen molar-refractivity contribution in [3.8, 4) is 16.9 Å². The third-order valence-corrected chi connectivity index (χ3v) is 7.40. The van der Waals surface area contributed by atoms with Gasteiger partial charge in [-0.3, -0.25) is 9.59 Å². The zero-order valence-corrected chi connectivity index (χ0v) is 25.5. The van der Waals surface area contributed by atoms with E-state index in [2.05, 4.69) is 66.4 Å². The Morgan fingerprint density at radius 3 is 2.35 bits per heavy atom. The summed E-state index contributed by atoms with van der Waals surface area (Å²) in [6.45, 7) is 7.29. The fourth-order valence-electron chi connectivity index (χ4n) is 5.21. The second kappa shape index (κ2) is 16.9. The van der Waals surface area contributed by atoms with Gasteiger partial charge in [0.2, 0.25) is 11.8 Å². The number of aryl methyl sites for hydroxylation is 4. The molecule has 3 rings (SSSR count). The molecule has 0 heterocycles. The van der Waals surface area contributed by atoms with Gasteiger partial charge in [-0.05, 0) is 104 Å². The molecule has 0 aromatic heterocycles. The molecule has 9 heteroatoms. The summed E-state index contributed by atoms with van der Waals surface area (Å²) in [4.78, 5) is 27.7. The summed E-state index contributed by atoms with van der Waals surface area (Å²) in [5.74, 6) is -0.128. The maximum Gasteiger partial charge on any atom is 0.240 e. The normalized spacial score (nSPS) is 12.2. The molecule has 0 aliphatic rings. The molecule has 0 spiro atoms. The monoisotopic (exact) mass is 584 g/mol. The molecule has 0 fully saturated rings. The highest BCUT2D eigenvalue weighted by atomic mass is 16.5. The number of carbonyl (C=O) groups is 2. The van der Waals surface area contributed by atoms with Crippen molar-refractivity contribution in [3.05, 3.63) is 98.9 Å². The first-order chi connectivity index (χ1) is 20.7. The van der Waals surface area contributed by atoms with E-state index in [4.69, 9.17) is 21.7 Å². The first-order valence-corrected chi connectivity index (χ1v) is 15.0. The van der Waals surface area contributed by atoms with E-state index < -0.39 is 18.0 Å². The number of hydrogen-bond acceptors (Lipinski definition) is 5. The summed E-state index contributed by atoms with van der Waals surface area (Å²) in [5, 5.41) is 6.30. The van der Waals surface area contributed by atoms with Gasteiger partial charge in [-0.2, -0.15) is 0 Å². The predicted octanol–water partition coefficient (Wildman–Crippen LogP) is 5.86. The van der Waals surface area contributed by atoms with Crippen LogP contribution in [0.15, 0.2) is 65.8 Å². The van der Waals surface area contributed by atoms with Gasteiger partial charge in [0, 0.05) is 11.5 Å². The molecule has 0 saturated carbocycles. The Morgan fingerprint density at radius 1 is 0.977 bits per heavy atom. The number of primary amides is 1. The average molecular weight is 585 g/mol. The third-order valence-electron chi connectivity index (χ3n) is 7.40. The first kappa shape index (κ1) is 33.2. The Kier molecular flexibility index (Phi) is 13.1. The van der Waals surface area contributed by atoms with Crippen molar-refractivity contribution in [1.29, 1.82) is 0 Å². The molecule has 43 heavy (non-hydrogen) atoms. The molecular weight excluding hydrogens is 540 g/mol. The van der Waals surface area contributed by atoms with E-state index in [0.717, 1.165) is 54.5 Å². The van der Waals surface area contributed by atoms with Crippen LogP contribution in [0.25, 0.3) is 21.6 Å². The number of ether oxygens (including phenoxy) is 1. The van der Waals surface area contributed by atoms with Crippen molar-refractivity contribution in [2.75, 3.05) is 13.2 Å². The molecule has 0 radical (unpaired) electrons. The van der Waals surface area contributed by atoms with Gasteiger partial charge in [-0.15, -0.1) is 0 Å². The van der Waals surface area contributed by atoms with Crippen LogP contribution < -0.4 is 21.5 Å². The van der Waals surface area contributed by atoms with E-state index in [1.54, 1.807) is 0 Å². The lowest BCUT2D eigenvalue weighted by molar-refractivity contribution is -0.128. The number of amides is 2. The van der Waals surface area contributed by atoms with Gasteiger partial charge in [0.15, 0.2) is 0 Å². The zero-order chi connectivity index (χ0) is 31.2. The van der Waals surface area contributed by atoms with Crippen LogP contribution in [0.5, 0.6) is 5.75 Å². The van der Waals surface area contributed by atoms with Crippen molar-refractivity contribution in [1.82, 2.24) is 5.32 Å². The Morgan fingerprint density at radius 2 is 1.70 bits per heavy atom. The number of nitrogens with zero attached hydrogens (tertiary/aromatic N) is 3. The van der Waals surface area contributed by atoms with E-state index >= 15 is 0 Å². The summed E-state index contributed by atoms with van der Waals surface area (Å²) < 4.78 is 5.88. The number of rotatable bonds is 17. The number of nitrogens with two attached hydrogens (primary N) is 2. The quantitative estimate of drug-likeness (QED) is 0.0785. The number of azide groups is 1. The van der Waals surface area contributed by atoms with Crippen LogP contribution in [-0.4, -0.2) is 37.0 Å². The van der Waals surface area contributed by atoms with Gasteiger partial charge in [0.1, 0.15) is 11.8 Å². The van der Waals surface area contributed by atoms with Gasteiger partial charge < -0.3 is 21.5 Å². The first-order valence-electron chi connectivity index (χ1n) is 15.0. The highest BCUT2D eigenvalue weighted by Crippen LogP contribution is 2.28. The van der Waals surface area contributed by atoms with Gasteiger partial charge in [0.05, 0.1) is 12.6 Å². The standard InChI is InChI=1S/C34H44N6O3/c1-4-27-22-29(43-17-6-5-16-38-40-37)14-15-30(27)28-12-10-25(11-13-28)21-31(35)34(42)39-32(33(36)41)9-7-8-26-19-23(2)18-24(3)20-26/h10-15,18-20,22,31-32H,4-9,16-17,21,35H2,1-3H3,(H2,36,41)(H,39,42)/t31-,32-/m0/s1. The lowest BCUT2D eigenvalue weighted by Crippen LogP contribution is -2.51. The minimum absolute atomic E-state index is 0.341. The summed E-state index contributed by atoms with van der Waals surface area (Å²) in [6, 6.07) is 18.9. The number of carbonyl (C=O) groups excluding carboxylic acids is 2. The Bertz CT molecular complexity index is 1400. The minimum atomic E-state index is -0.804. The smallest absolute Gasteiger partial charge is 0.240 e. The highest BCUT2D eigenvalue weighted by Gasteiger charge is 2.22. The van der Waals surface area contributed by atoms with Crippen LogP contribution in [-0.2, 0) is 28.9 Å². The second-order valence-electron chi connectivity index (χ2n) is 11.0. The maximum absolute atomic E-state index is 12.9. The number of unbranched alkanes of at least 4 members (excludes halogenated alkanes) is 1. The second-order valence-corrected chi connectivity index (χ2v) is 11.0. The molecule has 2 amide bonds. The van der Waals surface area contributed by atoms with Crippen molar-refractivity contribution in [2.24, 2.45) is 16.6 Å². The van der Waals surface area contributed by atoms with Crippen LogP contribution in [0.2, 0.25) is 0 Å². The molecule has 228 valence electrons. The Hall–Kier alpha value is -4.33. The van der Waals surface area contributed by atoms with Crippen LogP contribution >= 0.6 is 0 Å². The summed E-state index contributed by atoms with van der Waals surface area (Å²) in [5.41, 5.74) is 28.1. The van der Waals surface area contributed by atoms with Crippen LogP contribution in [0.4, 0.5) is 0 Å². The zero-order valence-electron chi connectivity index (χ0n) is 25.5. The molecular formula is C34H44N6O3. The fourth-order valence-corrected chi connectivity index (χ4v) is 5.21. The SMILES string of the molecule is CCc1cc(OCCCCN=[N+]=[N-])ccc1-c1ccc(C[C@H](N)C(=O)N[C@@H](CCCc2cc(C)cc(C)c2)C(N)=O)cc1. The van der Waals surface area contributed by atoms with E-state index in [1.807, 2.05) is 30.3 Å². The molecule has 5 N–H and O–H groups in total. The summed E-state index contributed by atoms with van der Waals surface area (Å²) >= 11 is 0. The van der Waals surface area contributed by atoms with Gasteiger partial charge in [0.25, 0.3) is 0 Å². The number of nitrogens with one attached hydrogen (secondary N) is 1. The topological polar surface area (TPSA) is 156 Å². The van der Waals surface area contributed by atoms with Crippen LogP contribution in [0, 0.1) is 13.8 Å². The number of benzene rings is 3. The lowest BCUT2D eigenvalue weighted by Gasteiger charge is -2.19. The number of hydrogen-bond donors (Lipinski definition) is 3. The van der Waals surface area contributed by atoms with Gasteiger partial charge in [-0.25, -0.2) is 0 Å². The van der Waals surface area contributed by atoms with Crippen LogP contribution in [0.1, 0.15) is 60.4 Å². The fraction of sp³-hybridized carbons (Fsp3) is 0.412. The molecule has 0 bridgehead atoms. The van der Waals surface area contributed by atoms with Crippen molar-refractivity contribution in [2.45, 2.75) is 77.8 Å². The average Bonchev–Trinajstić information content (AvgIpc) is 2.98. The van der Waals surface area contributed by atoms with Crippen molar-refractivity contribution in [3.63, 3.8) is 0 Å². The van der Waals surface area contributed by atoms with E-state index in [-0.39, 0.29) is 5.91 Å². The molecule has 3 aromatic carbocycles. The molecule has 0 aliphatic carbocycles. The third kappa shape index (κ3) is 10.8. The lowest BCUT2D eigenvalue weighted by atomic mass is 9.95. The molecule has 2 atom stereocenters. The van der Waals surface area contributed by atoms with Gasteiger partial charge in [-0.1, -0.05) is 71.7 Å². The largest absolute Gasteiger partial charge is 0.494 e. The van der Waals surface area contributed by atoms with Crippen molar-refractivity contribution < 1.29 is 14.3 Å².